The van der Waals surface area contributed by atoms with Gasteiger partial charge in [0, 0.05) is 25.0 Å². The van der Waals surface area contributed by atoms with Gasteiger partial charge in [-0.05, 0) is 18.4 Å². The first-order valence-electron chi connectivity index (χ1n) is 8.14. The van der Waals surface area contributed by atoms with Crippen LogP contribution >= 0.6 is 0 Å². The van der Waals surface area contributed by atoms with Crippen molar-refractivity contribution < 1.29 is 4.79 Å². The van der Waals surface area contributed by atoms with Crippen molar-refractivity contribution in [2.45, 2.75) is 44.9 Å². The zero-order chi connectivity index (χ0) is 15.1. The molecule has 3 nitrogen and oxygen atoms in total. The third-order valence-corrected chi connectivity index (χ3v) is 4.36. The van der Waals surface area contributed by atoms with E-state index in [4.69, 9.17) is 0 Å². The molecule has 0 atom stereocenters. The van der Waals surface area contributed by atoms with Gasteiger partial charge in [-0.15, -0.1) is 0 Å². The summed E-state index contributed by atoms with van der Waals surface area (Å²) in [7, 11) is 0. The maximum absolute atomic E-state index is 12.2. The maximum Gasteiger partial charge on any atom is 0.236 e. The highest BCUT2D eigenvalue weighted by atomic mass is 16.2. The van der Waals surface area contributed by atoms with Crippen molar-refractivity contribution in [2.75, 3.05) is 26.2 Å². The van der Waals surface area contributed by atoms with E-state index in [-0.39, 0.29) is 11.3 Å². The molecule has 0 aliphatic carbocycles. The molecule has 1 aromatic rings. The fourth-order valence-electron chi connectivity index (χ4n) is 2.91. The molecule has 1 fully saturated rings. The Labute approximate surface area is 128 Å². The number of nitrogens with one attached hydrogen (secondary N) is 1. The third-order valence-electron chi connectivity index (χ3n) is 4.36. The van der Waals surface area contributed by atoms with E-state index >= 15 is 0 Å². The summed E-state index contributed by atoms with van der Waals surface area (Å²) in [4.78, 5) is 14.3. The largest absolute Gasteiger partial charge is 0.342 e. The van der Waals surface area contributed by atoms with E-state index in [9.17, 15) is 4.79 Å². The van der Waals surface area contributed by atoms with E-state index in [0.29, 0.717) is 6.54 Å². The van der Waals surface area contributed by atoms with Crippen LogP contribution in [0.15, 0.2) is 30.3 Å². The number of hydrogen-bond donors (Lipinski definition) is 1. The Morgan fingerprint density at radius 1 is 1.10 bits per heavy atom. The maximum atomic E-state index is 12.2. The molecule has 1 N–H and O–H groups in total. The molecule has 0 spiro atoms. The van der Waals surface area contributed by atoms with Gasteiger partial charge in [0.2, 0.25) is 5.91 Å². The van der Waals surface area contributed by atoms with Crippen LogP contribution in [0.4, 0.5) is 0 Å². The van der Waals surface area contributed by atoms with Crippen LogP contribution in [0, 0.1) is 0 Å². The summed E-state index contributed by atoms with van der Waals surface area (Å²) in [6, 6.07) is 10.5. The molecule has 116 valence electrons. The molecule has 0 aromatic heterocycles. The molecule has 2 rings (SSSR count). The smallest absolute Gasteiger partial charge is 0.236 e. The molecule has 0 radical (unpaired) electrons. The second-order valence-electron chi connectivity index (χ2n) is 6.65. The summed E-state index contributed by atoms with van der Waals surface area (Å²) < 4.78 is 0. The average Bonchev–Trinajstić information content (AvgIpc) is 2.77. The van der Waals surface area contributed by atoms with Gasteiger partial charge in [0.25, 0.3) is 0 Å². The van der Waals surface area contributed by atoms with Gasteiger partial charge >= 0.3 is 0 Å². The molecule has 0 unspecified atom stereocenters. The highest BCUT2D eigenvalue weighted by molar-refractivity contribution is 5.78. The van der Waals surface area contributed by atoms with Crippen molar-refractivity contribution in [2.24, 2.45) is 0 Å². The van der Waals surface area contributed by atoms with Crippen LogP contribution in [-0.2, 0) is 10.2 Å². The number of nitrogens with zero attached hydrogens (tertiary/aromatic N) is 1. The Kier molecular flexibility index (Phi) is 5.80. The number of carbonyl (C=O) groups is 1. The van der Waals surface area contributed by atoms with Crippen LogP contribution in [-0.4, -0.2) is 37.0 Å². The van der Waals surface area contributed by atoms with E-state index in [1.165, 1.54) is 18.4 Å². The van der Waals surface area contributed by atoms with Crippen molar-refractivity contribution >= 4 is 5.91 Å². The molecule has 1 saturated heterocycles. The Balaban J connectivity index is 1.79. The van der Waals surface area contributed by atoms with Crippen molar-refractivity contribution in [3.8, 4) is 0 Å². The van der Waals surface area contributed by atoms with Gasteiger partial charge in [-0.25, -0.2) is 0 Å². The number of hydrogen-bond acceptors (Lipinski definition) is 2. The van der Waals surface area contributed by atoms with Gasteiger partial charge in [-0.3, -0.25) is 4.79 Å². The lowest BCUT2D eigenvalue weighted by atomic mass is 9.84. The molecule has 1 heterocycles. The predicted molar refractivity (Wildman–Crippen MR) is 87.4 cm³/mol. The van der Waals surface area contributed by atoms with Gasteiger partial charge in [0.1, 0.15) is 0 Å². The van der Waals surface area contributed by atoms with Crippen LogP contribution in [0.5, 0.6) is 0 Å². The normalized spacial score (nSPS) is 16.6. The lowest BCUT2D eigenvalue weighted by Gasteiger charge is -2.27. The third kappa shape index (κ3) is 4.85. The summed E-state index contributed by atoms with van der Waals surface area (Å²) in [5, 5.41) is 3.35. The average molecular weight is 288 g/mol. The quantitative estimate of drug-likeness (QED) is 0.903. The zero-order valence-electron chi connectivity index (χ0n) is 13.4. The van der Waals surface area contributed by atoms with E-state index < -0.39 is 0 Å². The summed E-state index contributed by atoms with van der Waals surface area (Å²) >= 11 is 0. The first-order valence-corrected chi connectivity index (χ1v) is 8.14. The Morgan fingerprint density at radius 3 is 2.33 bits per heavy atom. The fourth-order valence-corrected chi connectivity index (χ4v) is 2.91. The van der Waals surface area contributed by atoms with Crippen LogP contribution in [0.2, 0.25) is 0 Å². The van der Waals surface area contributed by atoms with Crippen LogP contribution in [0.25, 0.3) is 0 Å². The van der Waals surface area contributed by atoms with Crippen molar-refractivity contribution in [3.05, 3.63) is 35.9 Å². The number of likely N-dealkylation sites (tertiary alicyclic amines) is 1. The Hall–Kier alpha value is -1.35. The molecule has 21 heavy (non-hydrogen) atoms. The predicted octanol–water partition coefficient (Wildman–Crippen LogP) is 2.96. The molecule has 0 saturated carbocycles. The summed E-state index contributed by atoms with van der Waals surface area (Å²) in [5.74, 6) is 0.251. The van der Waals surface area contributed by atoms with Crippen LogP contribution < -0.4 is 5.32 Å². The van der Waals surface area contributed by atoms with Crippen molar-refractivity contribution in [1.29, 1.82) is 0 Å². The van der Waals surface area contributed by atoms with Crippen LogP contribution in [0.3, 0.4) is 0 Å². The first kappa shape index (κ1) is 16.0. The lowest BCUT2D eigenvalue weighted by Crippen LogP contribution is -2.42. The second-order valence-corrected chi connectivity index (χ2v) is 6.65. The van der Waals surface area contributed by atoms with Crippen molar-refractivity contribution in [3.63, 3.8) is 0 Å². The molecule has 1 aliphatic heterocycles. The number of amides is 1. The monoisotopic (exact) mass is 288 g/mol. The van der Waals surface area contributed by atoms with E-state index in [0.717, 1.165) is 32.5 Å². The number of benzene rings is 1. The zero-order valence-corrected chi connectivity index (χ0v) is 13.4. The summed E-state index contributed by atoms with van der Waals surface area (Å²) in [6.45, 7) is 7.57. The molecule has 1 amide bonds. The topological polar surface area (TPSA) is 32.3 Å². The minimum absolute atomic E-state index is 0.0420. The fraction of sp³-hybridized carbons (Fsp3) is 0.611. The molecule has 1 aromatic carbocycles. The van der Waals surface area contributed by atoms with E-state index in [1.807, 2.05) is 11.0 Å². The highest BCUT2D eigenvalue weighted by Crippen LogP contribution is 2.21. The van der Waals surface area contributed by atoms with Gasteiger partial charge in [0.15, 0.2) is 0 Å². The first-order chi connectivity index (χ1) is 10.1. The number of carbonyl (C=O) groups excluding carboxylic acids is 1. The SMILES string of the molecule is CC(C)(CNCC(=O)N1CCCCCC1)c1ccccc1. The Bertz CT molecular complexity index is 434. The standard InChI is InChI=1S/C18H28N2O/c1-18(2,16-10-6-5-7-11-16)15-19-14-17(21)20-12-8-3-4-9-13-20/h5-7,10-11,19H,3-4,8-9,12-15H2,1-2H3. The minimum Gasteiger partial charge on any atom is -0.342 e. The van der Waals surface area contributed by atoms with E-state index in [1.54, 1.807) is 0 Å². The van der Waals surface area contributed by atoms with E-state index in [2.05, 4.69) is 43.4 Å². The Morgan fingerprint density at radius 2 is 1.71 bits per heavy atom. The van der Waals surface area contributed by atoms with Gasteiger partial charge in [-0.1, -0.05) is 57.0 Å². The highest BCUT2D eigenvalue weighted by Gasteiger charge is 2.21. The molecule has 3 heteroatoms. The van der Waals surface area contributed by atoms with Gasteiger partial charge in [-0.2, -0.15) is 0 Å². The molecule has 0 bridgehead atoms. The number of rotatable bonds is 5. The second kappa shape index (κ2) is 7.60. The van der Waals surface area contributed by atoms with Crippen LogP contribution in [0.1, 0.15) is 45.1 Å². The molecular formula is C18H28N2O. The minimum atomic E-state index is 0.0420. The lowest BCUT2D eigenvalue weighted by molar-refractivity contribution is -0.130. The van der Waals surface area contributed by atoms with Crippen molar-refractivity contribution in [1.82, 2.24) is 10.2 Å². The molecular weight excluding hydrogens is 260 g/mol. The van der Waals surface area contributed by atoms with Gasteiger partial charge < -0.3 is 10.2 Å². The summed E-state index contributed by atoms with van der Waals surface area (Å²) in [5.41, 5.74) is 1.35. The van der Waals surface area contributed by atoms with Gasteiger partial charge in [0.05, 0.1) is 6.54 Å². The summed E-state index contributed by atoms with van der Waals surface area (Å²) in [6.07, 6.45) is 4.83. The molecule has 1 aliphatic rings.